The Balaban J connectivity index is 1.93. The zero-order valence-electron chi connectivity index (χ0n) is 11.7. The van der Waals surface area contributed by atoms with Gasteiger partial charge in [0, 0.05) is 6.42 Å². The Hall–Kier alpha value is -2.24. The quantitative estimate of drug-likeness (QED) is 0.867. The van der Waals surface area contributed by atoms with Crippen molar-refractivity contribution in [2.45, 2.75) is 32.9 Å². The summed E-state index contributed by atoms with van der Waals surface area (Å²) < 4.78 is 1.55. The molecule has 0 aliphatic heterocycles. The molecule has 20 heavy (non-hydrogen) atoms. The van der Waals surface area contributed by atoms with E-state index in [0.29, 0.717) is 18.9 Å². The van der Waals surface area contributed by atoms with Crippen molar-refractivity contribution in [3.8, 4) is 0 Å². The molecular formula is C14H19N5O. The van der Waals surface area contributed by atoms with Gasteiger partial charge in [-0.15, -0.1) is 5.10 Å². The number of rotatable bonds is 6. The zero-order valence-corrected chi connectivity index (χ0v) is 11.7. The molecule has 1 aromatic carbocycles. The molecule has 0 saturated heterocycles. The third kappa shape index (κ3) is 3.88. The molecule has 0 aliphatic rings. The van der Waals surface area contributed by atoms with Gasteiger partial charge in [-0.1, -0.05) is 44.2 Å². The minimum atomic E-state index is 0.00283. The summed E-state index contributed by atoms with van der Waals surface area (Å²) in [4.78, 5) is 12.0. The van der Waals surface area contributed by atoms with Gasteiger partial charge >= 0.3 is 0 Å². The summed E-state index contributed by atoms with van der Waals surface area (Å²) in [6, 6.07) is 10.0. The second kappa shape index (κ2) is 6.79. The summed E-state index contributed by atoms with van der Waals surface area (Å²) in [7, 11) is 0. The van der Waals surface area contributed by atoms with Gasteiger partial charge in [0.25, 0.3) is 0 Å². The van der Waals surface area contributed by atoms with Crippen LogP contribution in [0.4, 0.5) is 0 Å². The van der Waals surface area contributed by atoms with Gasteiger partial charge in [-0.05, 0) is 21.9 Å². The Morgan fingerprint density at radius 3 is 2.65 bits per heavy atom. The lowest BCUT2D eigenvalue weighted by Crippen LogP contribution is -2.32. The van der Waals surface area contributed by atoms with Crippen LogP contribution in [-0.4, -0.2) is 26.1 Å². The van der Waals surface area contributed by atoms with Crippen LogP contribution in [0.2, 0.25) is 0 Å². The molecule has 1 aromatic heterocycles. The van der Waals surface area contributed by atoms with Crippen LogP contribution in [-0.2, 0) is 11.3 Å². The number of aryl methyl sites for hydroxylation is 1. The first-order chi connectivity index (χ1) is 9.66. The molecule has 6 heteroatoms. The predicted molar refractivity (Wildman–Crippen MR) is 74.6 cm³/mol. The third-order valence-electron chi connectivity index (χ3n) is 3.10. The Bertz CT molecular complexity index is 524. The van der Waals surface area contributed by atoms with Gasteiger partial charge in [-0.3, -0.25) is 4.79 Å². The van der Waals surface area contributed by atoms with Crippen molar-refractivity contribution in [3.63, 3.8) is 0 Å². The number of hydrogen-bond donors (Lipinski definition) is 1. The van der Waals surface area contributed by atoms with Crippen LogP contribution >= 0.6 is 0 Å². The molecule has 0 fully saturated rings. The van der Waals surface area contributed by atoms with Crippen LogP contribution in [0.3, 0.4) is 0 Å². The number of hydrogen-bond acceptors (Lipinski definition) is 4. The van der Waals surface area contributed by atoms with E-state index in [0.717, 1.165) is 5.56 Å². The lowest BCUT2D eigenvalue weighted by Gasteiger charge is -2.23. The van der Waals surface area contributed by atoms with Crippen LogP contribution in [0.5, 0.6) is 0 Å². The van der Waals surface area contributed by atoms with Crippen molar-refractivity contribution in [2.75, 3.05) is 0 Å². The molecule has 0 bridgehead atoms. The maximum Gasteiger partial charge on any atom is 0.222 e. The third-order valence-corrected chi connectivity index (χ3v) is 3.10. The van der Waals surface area contributed by atoms with Gasteiger partial charge in [-0.2, -0.15) is 0 Å². The number of benzene rings is 1. The lowest BCUT2D eigenvalue weighted by atomic mass is 9.96. The summed E-state index contributed by atoms with van der Waals surface area (Å²) in [5.41, 5.74) is 1.12. The van der Waals surface area contributed by atoms with Gasteiger partial charge in [-0.25, -0.2) is 4.68 Å². The maximum absolute atomic E-state index is 12.0. The SMILES string of the molecule is CC(C)[C@@H](NC(=O)CCn1cnnn1)c1ccccc1. The van der Waals surface area contributed by atoms with Crippen LogP contribution < -0.4 is 5.32 Å². The average Bonchev–Trinajstić information content (AvgIpc) is 2.96. The fraction of sp³-hybridized carbons (Fsp3) is 0.429. The van der Waals surface area contributed by atoms with E-state index < -0.39 is 0 Å². The molecule has 0 unspecified atom stereocenters. The highest BCUT2D eigenvalue weighted by Gasteiger charge is 2.17. The normalized spacial score (nSPS) is 12.3. The minimum absolute atomic E-state index is 0.00283. The molecule has 0 saturated carbocycles. The lowest BCUT2D eigenvalue weighted by molar-refractivity contribution is -0.122. The van der Waals surface area contributed by atoms with Crippen molar-refractivity contribution < 1.29 is 4.79 Å². The predicted octanol–water partition coefficient (Wildman–Crippen LogP) is 1.58. The van der Waals surface area contributed by atoms with Gasteiger partial charge in [0.15, 0.2) is 0 Å². The number of carbonyl (C=O) groups excluding carboxylic acids is 1. The number of tetrazole rings is 1. The van der Waals surface area contributed by atoms with E-state index in [1.807, 2.05) is 30.3 Å². The summed E-state index contributed by atoms with van der Waals surface area (Å²) in [5.74, 6) is 0.331. The summed E-state index contributed by atoms with van der Waals surface area (Å²) in [6.45, 7) is 4.68. The highest BCUT2D eigenvalue weighted by Crippen LogP contribution is 2.21. The second-order valence-corrected chi connectivity index (χ2v) is 5.02. The highest BCUT2D eigenvalue weighted by atomic mass is 16.1. The van der Waals surface area contributed by atoms with Gasteiger partial charge in [0.05, 0.1) is 12.6 Å². The largest absolute Gasteiger partial charge is 0.349 e. The molecule has 1 heterocycles. The molecule has 0 aliphatic carbocycles. The fourth-order valence-electron chi connectivity index (χ4n) is 2.04. The minimum Gasteiger partial charge on any atom is -0.349 e. The Morgan fingerprint density at radius 1 is 1.30 bits per heavy atom. The first kappa shape index (κ1) is 14.2. The summed E-state index contributed by atoms with van der Waals surface area (Å²) >= 11 is 0. The van der Waals surface area contributed by atoms with Gasteiger partial charge in [0.2, 0.25) is 5.91 Å². The summed E-state index contributed by atoms with van der Waals surface area (Å²) in [6.07, 6.45) is 1.87. The Morgan fingerprint density at radius 2 is 2.05 bits per heavy atom. The van der Waals surface area contributed by atoms with Crippen molar-refractivity contribution in [2.24, 2.45) is 5.92 Å². The topological polar surface area (TPSA) is 72.7 Å². The molecule has 1 atom stereocenters. The maximum atomic E-state index is 12.0. The fourth-order valence-corrected chi connectivity index (χ4v) is 2.04. The van der Waals surface area contributed by atoms with Crippen molar-refractivity contribution in [1.29, 1.82) is 0 Å². The van der Waals surface area contributed by atoms with Crippen molar-refractivity contribution in [1.82, 2.24) is 25.5 Å². The number of amides is 1. The van der Waals surface area contributed by atoms with Gasteiger partial charge in [0.1, 0.15) is 6.33 Å². The van der Waals surface area contributed by atoms with E-state index in [1.54, 1.807) is 4.68 Å². The molecule has 0 radical (unpaired) electrons. The first-order valence-electron chi connectivity index (χ1n) is 6.72. The standard InChI is InChI=1S/C14H19N5O/c1-11(2)14(12-6-4-3-5-7-12)16-13(20)8-9-19-10-15-17-18-19/h3-7,10-11,14H,8-9H2,1-2H3,(H,16,20)/t14-/m1/s1. The van der Waals surface area contributed by atoms with Crippen LogP contribution in [0.15, 0.2) is 36.7 Å². The van der Waals surface area contributed by atoms with E-state index in [2.05, 4.69) is 34.7 Å². The van der Waals surface area contributed by atoms with Crippen LogP contribution in [0, 0.1) is 5.92 Å². The Labute approximate surface area is 118 Å². The van der Waals surface area contributed by atoms with Crippen molar-refractivity contribution >= 4 is 5.91 Å². The number of aromatic nitrogens is 4. The molecule has 6 nitrogen and oxygen atoms in total. The molecule has 106 valence electrons. The smallest absolute Gasteiger partial charge is 0.222 e. The molecule has 1 N–H and O–H groups in total. The van der Waals surface area contributed by atoms with E-state index in [-0.39, 0.29) is 11.9 Å². The van der Waals surface area contributed by atoms with Crippen LogP contribution in [0.1, 0.15) is 31.9 Å². The van der Waals surface area contributed by atoms with E-state index >= 15 is 0 Å². The molecule has 2 rings (SSSR count). The zero-order chi connectivity index (χ0) is 14.4. The average molecular weight is 273 g/mol. The van der Waals surface area contributed by atoms with Crippen LogP contribution in [0.25, 0.3) is 0 Å². The van der Waals surface area contributed by atoms with Crippen molar-refractivity contribution in [3.05, 3.63) is 42.2 Å². The van der Waals surface area contributed by atoms with E-state index in [9.17, 15) is 4.79 Å². The number of nitrogens with one attached hydrogen (secondary N) is 1. The highest BCUT2D eigenvalue weighted by molar-refractivity contribution is 5.76. The Kier molecular flexibility index (Phi) is 4.81. The van der Waals surface area contributed by atoms with E-state index in [4.69, 9.17) is 0 Å². The second-order valence-electron chi connectivity index (χ2n) is 5.02. The van der Waals surface area contributed by atoms with E-state index in [1.165, 1.54) is 6.33 Å². The molecule has 1 amide bonds. The molecule has 0 spiro atoms. The first-order valence-corrected chi connectivity index (χ1v) is 6.72. The summed E-state index contributed by atoms with van der Waals surface area (Å²) in [5, 5.41) is 13.9. The van der Waals surface area contributed by atoms with Gasteiger partial charge < -0.3 is 5.32 Å². The monoisotopic (exact) mass is 273 g/mol. The molecule has 2 aromatic rings. The molecular weight excluding hydrogens is 254 g/mol. The number of nitrogens with zero attached hydrogens (tertiary/aromatic N) is 4. The number of carbonyl (C=O) groups is 1.